The van der Waals surface area contributed by atoms with Crippen molar-refractivity contribution in [3.05, 3.63) is 82.2 Å². The molecular formula is C19H15FN2O3. The Morgan fingerprint density at radius 2 is 1.92 bits per heavy atom. The summed E-state index contributed by atoms with van der Waals surface area (Å²) in [7, 11) is 0. The minimum Gasteiger partial charge on any atom is -0.451 e. The molecule has 0 aliphatic carbocycles. The van der Waals surface area contributed by atoms with Gasteiger partial charge in [0.15, 0.2) is 11.9 Å². The van der Waals surface area contributed by atoms with Gasteiger partial charge in [0.05, 0.1) is 10.9 Å². The standard InChI is InChI=1S/C19H15FN2O3/c1-12(18-21-16-9-5-3-7-14(16)19(24)22-18)25-17(23)11-10-13-6-2-4-8-15(13)20/h2-12H,1H3,(H,21,22,24)/b11-10+/t12-/m0/s1. The minimum absolute atomic E-state index is 0.247. The largest absolute Gasteiger partial charge is 0.451 e. The number of fused-ring (bicyclic) bond motifs is 1. The van der Waals surface area contributed by atoms with E-state index in [1.807, 2.05) is 0 Å². The topological polar surface area (TPSA) is 72.0 Å². The lowest BCUT2D eigenvalue weighted by molar-refractivity contribution is -0.142. The van der Waals surface area contributed by atoms with Crippen molar-refractivity contribution in [3.63, 3.8) is 0 Å². The Labute approximate surface area is 142 Å². The van der Waals surface area contributed by atoms with Crippen molar-refractivity contribution in [1.82, 2.24) is 9.97 Å². The van der Waals surface area contributed by atoms with Crippen molar-refractivity contribution >= 4 is 22.9 Å². The molecule has 3 rings (SSSR count). The highest BCUT2D eigenvalue weighted by atomic mass is 19.1. The molecule has 3 aromatic rings. The number of benzene rings is 2. The molecule has 0 bridgehead atoms. The van der Waals surface area contributed by atoms with Gasteiger partial charge in [-0.25, -0.2) is 14.2 Å². The zero-order valence-corrected chi connectivity index (χ0v) is 13.4. The summed E-state index contributed by atoms with van der Waals surface area (Å²) in [5, 5.41) is 0.462. The number of H-pyrrole nitrogens is 1. The Balaban J connectivity index is 1.76. The molecule has 0 aliphatic rings. The number of para-hydroxylation sites is 1. The third kappa shape index (κ3) is 3.80. The molecule has 1 N–H and O–H groups in total. The van der Waals surface area contributed by atoms with Crippen LogP contribution in [0, 0.1) is 5.82 Å². The summed E-state index contributed by atoms with van der Waals surface area (Å²) in [6, 6.07) is 13.0. The number of carbonyl (C=O) groups excluding carboxylic acids is 1. The monoisotopic (exact) mass is 338 g/mol. The maximum atomic E-state index is 13.5. The van der Waals surface area contributed by atoms with Gasteiger partial charge >= 0.3 is 5.97 Å². The highest BCUT2D eigenvalue weighted by molar-refractivity contribution is 5.87. The first kappa shape index (κ1) is 16.6. The molecule has 0 aliphatic heterocycles. The molecule has 5 nitrogen and oxygen atoms in total. The maximum absolute atomic E-state index is 13.5. The molecular weight excluding hydrogens is 323 g/mol. The number of hydrogen-bond acceptors (Lipinski definition) is 4. The average molecular weight is 338 g/mol. The fourth-order valence-electron chi connectivity index (χ4n) is 2.33. The van der Waals surface area contributed by atoms with Gasteiger partial charge < -0.3 is 9.72 Å². The molecule has 0 unspecified atom stereocenters. The molecule has 0 radical (unpaired) electrons. The molecule has 1 aromatic heterocycles. The van der Waals surface area contributed by atoms with E-state index in [1.54, 1.807) is 49.4 Å². The van der Waals surface area contributed by atoms with Gasteiger partial charge in [-0.05, 0) is 31.2 Å². The zero-order valence-electron chi connectivity index (χ0n) is 13.4. The van der Waals surface area contributed by atoms with Crippen LogP contribution in [0.2, 0.25) is 0 Å². The lowest BCUT2D eigenvalue weighted by Crippen LogP contribution is -2.16. The van der Waals surface area contributed by atoms with Gasteiger partial charge in [-0.2, -0.15) is 0 Å². The van der Waals surface area contributed by atoms with Crippen LogP contribution in [0.1, 0.15) is 24.4 Å². The molecule has 0 amide bonds. The molecule has 1 heterocycles. The number of nitrogens with zero attached hydrogens (tertiary/aromatic N) is 1. The number of carbonyl (C=O) groups is 1. The number of hydrogen-bond donors (Lipinski definition) is 1. The van der Waals surface area contributed by atoms with Crippen molar-refractivity contribution in [2.75, 3.05) is 0 Å². The van der Waals surface area contributed by atoms with Crippen LogP contribution in [0.5, 0.6) is 0 Å². The number of aromatic amines is 1. The number of aromatic nitrogens is 2. The Hall–Kier alpha value is -3.28. The third-order valence-electron chi connectivity index (χ3n) is 3.61. The van der Waals surface area contributed by atoms with Crippen molar-refractivity contribution in [2.24, 2.45) is 0 Å². The van der Waals surface area contributed by atoms with Crippen LogP contribution in [0.4, 0.5) is 4.39 Å². The first-order valence-corrected chi connectivity index (χ1v) is 7.67. The minimum atomic E-state index is -0.755. The fraction of sp³-hybridized carbons (Fsp3) is 0.105. The van der Waals surface area contributed by atoms with E-state index in [2.05, 4.69) is 9.97 Å². The van der Waals surface area contributed by atoms with E-state index in [0.717, 1.165) is 6.08 Å². The fourth-order valence-corrected chi connectivity index (χ4v) is 2.33. The van der Waals surface area contributed by atoms with Crippen molar-refractivity contribution in [1.29, 1.82) is 0 Å². The van der Waals surface area contributed by atoms with Crippen molar-refractivity contribution in [3.8, 4) is 0 Å². The Morgan fingerprint density at radius 1 is 1.20 bits per heavy atom. The van der Waals surface area contributed by atoms with E-state index in [1.165, 1.54) is 12.1 Å². The summed E-state index contributed by atoms with van der Waals surface area (Å²) < 4.78 is 18.7. The SMILES string of the molecule is C[C@H](OC(=O)/C=C/c1ccccc1F)c1nc2ccccc2c(=O)[nH]1. The average Bonchev–Trinajstić information content (AvgIpc) is 2.61. The van der Waals surface area contributed by atoms with Crippen LogP contribution in [0.25, 0.3) is 17.0 Å². The number of ether oxygens (including phenoxy) is 1. The second-order valence-corrected chi connectivity index (χ2v) is 5.40. The van der Waals surface area contributed by atoms with Gasteiger partial charge in [-0.3, -0.25) is 4.79 Å². The number of nitrogens with one attached hydrogen (secondary N) is 1. The van der Waals surface area contributed by atoms with Crippen molar-refractivity contribution in [2.45, 2.75) is 13.0 Å². The lowest BCUT2D eigenvalue weighted by Gasteiger charge is -2.11. The Morgan fingerprint density at radius 3 is 2.72 bits per heavy atom. The molecule has 2 aromatic carbocycles. The van der Waals surface area contributed by atoms with Crippen LogP contribution in [0.3, 0.4) is 0 Å². The van der Waals surface area contributed by atoms with Gasteiger partial charge in [0.2, 0.25) is 0 Å². The van der Waals surface area contributed by atoms with Gasteiger partial charge in [-0.15, -0.1) is 0 Å². The van der Waals surface area contributed by atoms with Gasteiger partial charge in [0, 0.05) is 11.6 Å². The van der Waals surface area contributed by atoms with Crippen LogP contribution >= 0.6 is 0 Å². The quantitative estimate of drug-likeness (QED) is 0.585. The summed E-state index contributed by atoms with van der Waals surface area (Å²) in [6.07, 6.45) is 1.71. The second kappa shape index (κ2) is 7.09. The van der Waals surface area contributed by atoms with Crippen molar-refractivity contribution < 1.29 is 13.9 Å². The smallest absolute Gasteiger partial charge is 0.331 e. The summed E-state index contributed by atoms with van der Waals surface area (Å²) in [6.45, 7) is 1.60. The predicted molar refractivity (Wildman–Crippen MR) is 92.3 cm³/mol. The molecule has 0 saturated carbocycles. The number of esters is 1. The summed E-state index contributed by atoms with van der Waals surface area (Å²) in [4.78, 5) is 30.9. The second-order valence-electron chi connectivity index (χ2n) is 5.40. The molecule has 6 heteroatoms. The van der Waals surface area contributed by atoms with Crippen LogP contribution in [-0.4, -0.2) is 15.9 Å². The van der Waals surface area contributed by atoms with E-state index in [0.29, 0.717) is 10.9 Å². The van der Waals surface area contributed by atoms with Crippen LogP contribution < -0.4 is 5.56 Å². The van der Waals surface area contributed by atoms with E-state index >= 15 is 0 Å². The predicted octanol–water partition coefficient (Wildman–Crippen LogP) is 3.38. The molecule has 25 heavy (non-hydrogen) atoms. The Kier molecular flexibility index (Phi) is 4.70. The zero-order chi connectivity index (χ0) is 17.8. The van der Waals surface area contributed by atoms with Crippen LogP contribution in [-0.2, 0) is 9.53 Å². The van der Waals surface area contributed by atoms with E-state index in [-0.39, 0.29) is 16.9 Å². The third-order valence-corrected chi connectivity index (χ3v) is 3.61. The molecule has 126 valence electrons. The molecule has 0 fully saturated rings. The summed E-state index contributed by atoms with van der Waals surface area (Å²) in [5.74, 6) is -0.844. The van der Waals surface area contributed by atoms with Gasteiger partial charge in [0.1, 0.15) is 5.82 Å². The first-order valence-electron chi connectivity index (χ1n) is 7.67. The molecule has 0 saturated heterocycles. The van der Waals surface area contributed by atoms with Crippen LogP contribution in [0.15, 0.2) is 59.4 Å². The first-order chi connectivity index (χ1) is 12.0. The number of halogens is 1. The normalized spacial score (nSPS) is 12.4. The molecule has 0 spiro atoms. The van der Waals surface area contributed by atoms with Gasteiger partial charge in [0.25, 0.3) is 5.56 Å². The Bertz CT molecular complexity index is 1010. The van der Waals surface area contributed by atoms with E-state index < -0.39 is 17.9 Å². The van der Waals surface area contributed by atoms with E-state index in [9.17, 15) is 14.0 Å². The van der Waals surface area contributed by atoms with E-state index in [4.69, 9.17) is 4.74 Å². The highest BCUT2D eigenvalue weighted by Gasteiger charge is 2.14. The highest BCUT2D eigenvalue weighted by Crippen LogP contribution is 2.15. The van der Waals surface area contributed by atoms with Gasteiger partial charge in [-0.1, -0.05) is 30.3 Å². The summed E-state index contributed by atoms with van der Waals surface area (Å²) in [5.41, 5.74) is 0.501. The maximum Gasteiger partial charge on any atom is 0.331 e. The lowest BCUT2D eigenvalue weighted by atomic mass is 10.2. The number of rotatable bonds is 4. The summed E-state index contributed by atoms with van der Waals surface area (Å²) >= 11 is 0. The molecule has 1 atom stereocenters.